The van der Waals surface area contributed by atoms with E-state index in [-0.39, 0.29) is 13.2 Å². The molecule has 5 rings (SSSR count). The Kier molecular flexibility index (Phi) is 13.7. The third kappa shape index (κ3) is 11.4. The van der Waals surface area contributed by atoms with Gasteiger partial charge in [-0.05, 0) is 88.8 Å². The van der Waals surface area contributed by atoms with Crippen LogP contribution in [0, 0.1) is 0 Å². The van der Waals surface area contributed by atoms with E-state index in [2.05, 4.69) is 0 Å². The first-order chi connectivity index (χ1) is 27.9. The molecule has 0 bridgehead atoms. The Balaban J connectivity index is 1.36. The highest BCUT2D eigenvalue weighted by molar-refractivity contribution is 6.03. The summed E-state index contributed by atoms with van der Waals surface area (Å²) in [7, 11) is 0. The molecule has 0 fully saturated rings. The number of hydrogen-bond donors (Lipinski definition) is 4. The molecule has 314 valence electrons. The van der Waals surface area contributed by atoms with Crippen LogP contribution in [0.3, 0.4) is 0 Å². The molecule has 10 heteroatoms. The van der Waals surface area contributed by atoms with Gasteiger partial charge in [0.05, 0.1) is 13.2 Å². The van der Waals surface area contributed by atoms with Crippen molar-refractivity contribution >= 4 is 23.1 Å². The molecule has 0 radical (unpaired) electrons. The van der Waals surface area contributed by atoms with Gasteiger partial charge in [0, 0.05) is 22.3 Å². The number of hydrogen-bond acceptors (Lipinski definition) is 10. The van der Waals surface area contributed by atoms with Crippen LogP contribution in [0.25, 0.3) is 0 Å². The molecule has 0 aliphatic carbocycles. The van der Waals surface area contributed by atoms with Crippen LogP contribution in [0.4, 0.5) is 0 Å². The summed E-state index contributed by atoms with van der Waals surface area (Å²) in [5.41, 5.74) is -0.00760. The van der Waals surface area contributed by atoms with Crippen molar-refractivity contribution in [3.8, 4) is 0 Å². The fourth-order valence-electron chi connectivity index (χ4n) is 6.51. The summed E-state index contributed by atoms with van der Waals surface area (Å²) in [5.74, 6) is -1.65. The van der Waals surface area contributed by atoms with Gasteiger partial charge in [0.2, 0.25) is 0 Å². The van der Waals surface area contributed by atoms with E-state index in [0.717, 1.165) is 33.4 Å². The molecule has 10 nitrogen and oxygen atoms in total. The molecule has 0 saturated heterocycles. The zero-order valence-electron chi connectivity index (χ0n) is 35.4. The molecular weight excluding hydrogens is 761 g/mol. The number of ether oxygens (including phenoxy) is 2. The Hall–Kier alpha value is -5.46. The van der Waals surface area contributed by atoms with Gasteiger partial charge in [0.1, 0.15) is 34.6 Å². The van der Waals surface area contributed by atoms with E-state index >= 15 is 0 Å². The zero-order chi connectivity index (χ0) is 44.2. The molecule has 0 atom stereocenters. The van der Waals surface area contributed by atoms with Crippen LogP contribution in [0.15, 0.2) is 121 Å². The van der Waals surface area contributed by atoms with E-state index in [4.69, 9.17) is 9.47 Å². The van der Waals surface area contributed by atoms with Gasteiger partial charge >= 0.3 is 0 Å². The quantitative estimate of drug-likeness (QED) is 0.0635. The number of benzene rings is 5. The average Bonchev–Trinajstić information content (AvgIpc) is 3.20. The highest BCUT2D eigenvalue weighted by Gasteiger charge is 2.29. The maximum atomic E-state index is 12.7. The second-order valence-corrected chi connectivity index (χ2v) is 17.2. The van der Waals surface area contributed by atoms with E-state index < -0.39 is 57.7 Å². The maximum absolute atomic E-state index is 12.7. The van der Waals surface area contributed by atoms with Crippen molar-refractivity contribution in [1.29, 1.82) is 0 Å². The Labute approximate surface area is 351 Å². The van der Waals surface area contributed by atoms with Crippen molar-refractivity contribution in [2.24, 2.45) is 0 Å². The third-order valence-electron chi connectivity index (χ3n) is 9.98. The Morgan fingerprint density at radius 1 is 0.367 bits per heavy atom. The molecule has 0 aliphatic heterocycles. The minimum absolute atomic E-state index is 0.203. The van der Waals surface area contributed by atoms with Gasteiger partial charge in [-0.25, -0.2) is 0 Å². The van der Waals surface area contributed by atoms with Crippen molar-refractivity contribution in [2.45, 2.75) is 103 Å². The van der Waals surface area contributed by atoms with Gasteiger partial charge in [0.15, 0.2) is 23.1 Å². The fourth-order valence-corrected chi connectivity index (χ4v) is 6.51. The number of ketones is 4. The lowest BCUT2D eigenvalue weighted by Gasteiger charge is -2.22. The predicted octanol–water partition coefficient (Wildman–Crippen LogP) is 8.11. The summed E-state index contributed by atoms with van der Waals surface area (Å²) in [5, 5.41) is 41.0. The lowest BCUT2D eigenvalue weighted by molar-refractivity contribution is 0.0486. The van der Waals surface area contributed by atoms with Crippen molar-refractivity contribution in [2.75, 3.05) is 0 Å². The molecule has 0 aromatic heterocycles. The fraction of sp³-hybridized carbons (Fsp3) is 0.320. The highest BCUT2D eigenvalue weighted by atomic mass is 16.5. The first-order valence-electron chi connectivity index (χ1n) is 19.7. The summed E-state index contributed by atoms with van der Waals surface area (Å²) in [4.78, 5) is 50.9. The molecular formula is C50H54O10. The number of rotatable bonds is 18. The number of carbonyl (C=O) groups excluding carboxylic acids is 4. The summed E-state index contributed by atoms with van der Waals surface area (Å²) in [6.45, 7) is 11.9. The minimum atomic E-state index is -1.53. The lowest BCUT2D eigenvalue weighted by Crippen LogP contribution is -2.31. The third-order valence-corrected chi connectivity index (χ3v) is 9.98. The lowest BCUT2D eigenvalue weighted by atomic mass is 9.92. The van der Waals surface area contributed by atoms with Gasteiger partial charge in [-0.2, -0.15) is 0 Å². The molecule has 5 aromatic rings. The minimum Gasteiger partial charge on any atom is -0.382 e. The monoisotopic (exact) mass is 814 g/mol. The Bertz CT molecular complexity index is 1970. The van der Waals surface area contributed by atoms with Crippen LogP contribution in [0.5, 0.6) is 0 Å². The molecule has 0 aliphatic rings. The van der Waals surface area contributed by atoms with E-state index in [1.165, 1.54) is 55.4 Å². The SMILES string of the molecule is CC(C)(O)C(=O)c1ccc(C(OCc2ccc(COC(c3ccc(C(=O)C(C)(C)O)cc3)c3ccc(C(=O)C(C)(C)O)cc3)cc2)c2ccc(C(=O)C(C)(C)O)cc2)cc1. The van der Waals surface area contributed by atoms with Crippen LogP contribution in [-0.4, -0.2) is 66.0 Å². The predicted molar refractivity (Wildman–Crippen MR) is 228 cm³/mol. The van der Waals surface area contributed by atoms with E-state index in [0.29, 0.717) is 22.3 Å². The summed E-state index contributed by atoms with van der Waals surface area (Å²) in [6, 6.07) is 35.0. The summed E-state index contributed by atoms with van der Waals surface area (Å²) in [6.07, 6.45) is -1.19. The number of aliphatic hydroxyl groups is 4. The second-order valence-electron chi connectivity index (χ2n) is 17.2. The molecule has 4 N–H and O–H groups in total. The molecule has 60 heavy (non-hydrogen) atoms. The van der Waals surface area contributed by atoms with Crippen LogP contribution in [0.2, 0.25) is 0 Å². The average molecular weight is 815 g/mol. The van der Waals surface area contributed by atoms with Crippen LogP contribution < -0.4 is 0 Å². The largest absolute Gasteiger partial charge is 0.382 e. The Morgan fingerprint density at radius 3 is 0.717 bits per heavy atom. The van der Waals surface area contributed by atoms with E-state index in [9.17, 15) is 39.6 Å². The molecule has 0 saturated carbocycles. The van der Waals surface area contributed by atoms with Crippen molar-refractivity contribution in [1.82, 2.24) is 0 Å². The Morgan fingerprint density at radius 2 is 0.550 bits per heavy atom. The van der Waals surface area contributed by atoms with Crippen LogP contribution in [-0.2, 0) is 22.7 Å². The number of carbonyl (C=O) groups is 4. The highest BCUT2D eigenvalue weighted by Crippen LogP contribution is 2.31. The molecule has 0 unspecified atom stereocenters. The summed E-state index contributed by atoms with van der Waals surface area (Å²) < 4.78 is 13.0. The van der Waals surface area contributed by atoms with Crippen molar-refractivity contribution in [3.63, 3.8) is 0 Å². The zero-order valence-corrected chi connectivity index (χ0v) is 35.4. The van der Waals surface area contributed by atoms with E-state index in [1.54, 1.807) is 97.1 Å². The molecule has 0 heterocycles. The normalized spacial score (nSPS) is 12.5. The van der Waals surface area contributed by atoms with Gasteiger partial charge in [0.25, 0.3) is 0 Å². The van der Waals surface area contributed by atoms with Gasteiger partial charge in [-0.3, -0.25) is 19.2 Å². The van der Waals surface area contributed by atoms with Crippen molar-refractivity contribution < 1.29 is 49.1 Å². The smallest absolute Gasteiger partial charge is 0.193 e. The van der Waals surface area contributed by atoms with E-state index in [1.807, 2.05) is 24.3 Å². The van der Waals surface area contributed by atoms with Gasteiger partial charge in [-0.1, -0.05) is 121 Å². The number of Topliss-reactive ketones (excluding diaryl/α,β-unsaturated/α-hetero) is 4. The maximum Gasteiger partial charge on any atom is 0.193 e. The molecule has 0 spiro atoms. The first kappa shape index (κ1) is 45.6. The van der Waals surface area contributed by atoms with Crippen molar-refractivity contribution in [3.05, 3.63) is 177 Å². The first-order valence-corrected chi connectivity index (χ1v) is 19.7. The topological polar surface area (TPSA) is 168 Å². The molecule has 0 amide bonds. The van der Waals surface area contributed by atoms with Gasteiger partial charge in [-0.15, -0.1) is 0 Å². The second kappa shape index (κ2) is 18.0. The summed E-state index contributed by atoms with van der Waals surface area (Å²) >= 11 is 0. The molecule has 5 aromatic carbocycles. The van der Waals surface area contributed by atoms with Crippen LogP contribution in [0.1, 0.15) is 142 Å². The van der Waals surface area contributed by atoms with Crippen LogP contribution >= 0.6 is 0 Å². The van der Waals surface area contributed by atoms with Gasteiger partial charge < -0.3 is 29.9 Å². The standard InChI is InChI=1S/C50H54O10/c1-47(2,55)43(51)37-21-13-33(14-22-37)41(34-15-23-38(24-16-34)44(52)48(3,4)56)59-29-31-9-11-32(12-10-31)30-60-42(35-17-25-39(26-18-35)45(53)49(5,6)57)36-19-27-40(28-20-36)46(54)50(7,8)58/h9-28,41-42,55-58H,29-30H2,1-8H3.